The Morgan fingerprint density at radius 2 is 2.05 bits per heavy atom. The Hall–Kier alpha value is -1.43. The zero-order valence-corrected chi connectivity index (χ0v) is 12.4. The molecule has 1 aliphatic rings. The van der Waals surface area contributed by atoms with Crippen molar-refractivity contribution in [2.24, 2.45) is 0 Å². The van der Waals surface area contributed by atoms with Crippen molar-refractivity contribution in [2.75, 3.05) is 25.1 Å². The molecular formula is C15H15BrN2O2. The molecular weight excluding hydrogens is 320 g/mol. The highest BCUT2D eigenvalue weighted by molar-refractivity contribution is 9.10. The number of rotatable bonds is 2. The van der Waals surface area contributed by atoms with Gasteiger partial charge >= 0.3 is 0 Å². The second-order valence-electron chi connectivity index (χ2n) is 4.71. The highest BCUT2D eigenvalue weighted by Crippen LogP contribution is 2.30. The van der Waals surface area contributed by atoms with Crippen LogP contribution in [0.3, 0.4) is 0 Å². The van der Waals surface area contributed by atoms with Gasteiger partial charge in [-0.15, -0.1) is 0 Å². The lowest BCUT2D eigenvalue weighted by Crippen LogP contribution is -2.48. The lowest BCUT2D eigenvalue weighted by Gasteiger charge is -2.23. The van der Waals surface area contributed by atoms with Crippen molar-refractivity contribution in [1.82, 2.24) is 5.32 Å². The molecule has 5 heteroatoms. The third-order valence-corrected chi connectivity index (χ3v) is 4.06. The maximum Gasteiger partial charge on any atom is 0.243 e. The standard InChI is InChI=1S/C15H15BrN2O2/c16-12-5-6-13(11-4-2-1-3-10(11)12)18-15(19)14-9-20-8-7-17-14/h1-6,14,17H,7-9H2,(H,18,19). The van der Waals surface area contributed by atoms with Gasteiger partial charge in [0, 0.05) is 22.1 Å². The fourth-order valence-corrected chi connectivity index (χ4v) is 2.80. The molecule has 3 rings (SSSR count). The van der Waals surface area contributed by atoms with Gasteiger partial charge in [0.25, 0.3) is 0 Å². The van der Waals surface area contributed by atoms with E-state index in [1.165, 1.54) is 0 Å². The van der Waals surface area contributed by atoms with E-state index in [9.17, 15) is 4.79 Å². The Morgan fingerprint density at radius 1 is 1.25 bits per heavy atom. The minimum absolute atomic E-state index is 0.0582. The second kappa shape index (κ2) is 5.91. The number of carbonyl (C=O) groups excluding carboxylic acids is 1. The number of amides is 1. The van der Waals surface area contributed by atoms with E-state index in [0.717, 1.165) is 20.9 Å². The van der Waals surface area contributed by atoms with Crippen molar-refractivity contribution in [3.8, 4) is 0 Å². The highest BCUT2D eigenvalue weighted by Gasteiger charge is 2.21. The molecule has 1 aliphatic heterocycles. The zero-order valence-electron chi connectivity index (χ0n) is 10.9. The third-order valence-electron chi connectivity index (χ3n) is 3.37. The number of hydrogen-bond acceptors (Lipinski definition) is 3. The fourth-order valence-electron chi connectivity index (χ4n) is 2.32. The predicted octanol–water partition coefficient (Wildman–Crippen LogP) is 2.53. The van der Waals surface area contributed by atoms with Crippen LogP contribution in [-0.4, -0.2) is 31.7 Å². The predicted molar refractivity (Wildman–Crippen MR) is 82.9 cm³/mol. The van der Waals surface area contributed by atoms with Crippen LogP contribution in [0, 0.1) is 0 Å². The van der Waals surface area contributed by atoms with Gasteiger partial charge in [-0.2, -0.15) is 0 Å². The topological polar surface area (TPSA) is 50.4 Å². The number of carbonyl (C=O) groups is 1. The molecule has 2 N–H and O–H groups in total. The van der Waals surface area contributed by atoms with E-state index in [4.69, 9.17) is 4.74 Å². The van der Waals surface area contributed by atoms with E-state index >= 15 is 0 Å². The third kappa shape index (κ3) is 2.70. The second-order valence-corrected chi connectivity index (χ2v) is 5.57. The van der Waals surface area contributed by atoms with Gasteiger partial charge in [0.15, 0.2) is 0 Å². The Labute approximate surface area is 125 Å². The van der Waals surface area contributed by atoms with Crippen LogP contribution >= 0.6 is 15.9 Å². The molecule has 0 aliphatic carbocycles. The first-order valence-electron chi connectivity index (χ1n) is 6.55. The van der Waals surface area contributed by atoms with E-state index in [1.54, 1.807) is 0 Å². The summed E-state index contributed by atoms with van der Waals surface area (Å²) in [5.41, 5.74) is 0.821. The maximum absolute atomic E-state index is 12.2. The largest absolute Gasteiger partial charge is 0.378 e. The minimum atomic E-state index is -0.286. The van der Waals surface area contributed by atoms with E-state index < -0.39 is 0 Å². The fraction of sp³-hybridized carbons (Fsp3) is 0.267. The molecule has 20 heavy (non-hydrogen) atoms. The van der Waals surface area contributed by atoms with Crippen LogP contribution < -0.4 is 10.6 Å². The molecule has 0 saturated carbocycles. The summed E-state index contributed by atoms with van der Waals surface area (Å²) >= 11 is 3.53. The summed E-state index contributed by atoms with van der Waals surface area (Å²) in [6, 6.07) is 11.5. The molecule has 1 heterocycles. The van der Waals surface area contributed by atoms with Crippen LogP contribution in [0.1, 0.15) is 0 Å². The molecule has 1 fully saturated rings. The van der Waals surface area contributed by atoms with E-state index in [-0.39, 0.29) is 11.9 Å². The molecule has 2 aromatic rings. The zero-order chi connectivity index (χ0) is 13.9. The lowest BCUT2D eigenvalue weighted by molar-refractivity contribution is -0.120. The first-order chi connectivity index (χ1) is 9.75. The lowest BCUT2D eigenvalue weighted by atomic mass is 10.1. The molecule has 1 unspecified atom stereocenters. The quantitative estimate of drug-likeness (QED) is 0.887. The summed E-state index contributed by atoms with van der Waals surface area (Å²) < 4.78 is 6.34. The number of benzene rings is 2. The average molecular weight is 335 g/mol. The van der Waals surface area contributed by atoms with Gasteiger partial charge in [-0.1, -0.05) is 40.2 Å². The van der Waals surface area contributed by atoms with Crippen molar-refractivity contribution in [2.45, 2.75) is 6.04 Å². The van der Waals surface area contributed by atoms with Gasteiger partial charge in [0.05, 0.1) is 13.2 Å². The number of ether oxygens (including phenoxy) is 1. The summed E-state index contributed by atoms with van der Waals surface area (Å²) in [5.74, 6) is -0.0582. The van der Waals surface area contributed by atoms with Crippen LogP contribution in [0.25, 0.3) is 10.8 Å². The summed E-state index contributed by atoms with van der Waals surface area (Å²) in [6.07, 6.45) is 0. The monoisotopic (exact) mass is 334 g/mol. The molecule has 1 amide bonds. The number of anilines is 1. The van der Waals surface area contributed by atoms with Crippen molar-refractivity contribution in [3.63, 3.8) is 0 Å². The summed E-state index contributed by atoms with van der Waals surface area (Å²) in [6.45, 7) is 1.78. The number of halogens is 1. The Bertz CT molecular complexity index is 639. The molecule has 4 nitrogen and oxygen atoms in total. The SMILES string of the molecule is O=C(Nc1ccc(Br)c2ccccc12)C1COCCN1. The van der Waals surface area contributed by atoms with Gasteiger partial charge in [0.2, 0.25) is 5.91 Å². The Morgan fingerprint density at radius 3 is 2.80 bits per heavy atom. The first kappa shape index (κ1) is 13.5. The molecule has 1 atom stereocenters. The van der Waals surface area contributed by atoms with Gasteiger partial charge < -0.3 is 15.4 Å². The maximum atomic E-state index is 12.2. The molecule has 104 valence electrons. The number of hydrogen-bond donors (Lipinski definition) is 2. The molecule has 0 spiro atoms. The Kier molecular flexibility index (Phi) is 4.00. The van der Waals surface area contributed by atoms with Crippen LogP contribution in [0.15, 0.2) is 40.9 Å². The van der Waals surface area contributed by atoms with Crippen LogP contribution in [0.5, 0.6) is 0 Å². The van der Waals surface area contributed by atoms with Gasteiger partial charge in [-0.25, -0.2) is 0 Å². The van der Waals surface area contributed by atoms with Gasteiger partial charge in [-0.05, 0) is 17.5 Å². The highest BCUT2D eigenvalue weighted by atomic mass is 79.9. The smallest absolute Gasteiger partial charge is 0.243 e. The molecule has 0 aromatic heterocycles. The van der Waals surface area contributed by atoms with Crippen LogP contribution in [0.2, 0.25) is 0 Å². The summed E-state index contributed by atoms with van der Waals surface area (Å²) in [4.78, 5) is 12.2. The summed E-state index contributed by atoms with van der Waals surface area (Å²) in [5, 5.41) is 8.23. The Balaban J connectivity index is 1.87. The van der Waals surface area contributed by atoms with Crippen LogP contribution in [-0.2, 0) is 9.53 Å². The number of nitrogens with one attached hydrogen (secondary N) is 2. The molecule has 2 aromatic carbocycles. The van der Waals surface area contributed by atoms with Crippen molar-refractivity contribution in [3.05, 3.63) is 40.9 Å². The van der Waals surface area contributed by atoms with Crippen molar-refractivity contribution < 1.29 is 9.53 Å². The summed E-state index contributed by atoms with van der Waals surface area (Å²) in [7, 11) is 0. The molecule has 1 saturated heterocycles. The normalized spacial score (nSPS) is 18.9. The van der Waals surface area contributed by atoms with Gasteiger partial charge in [0.1, 0.15) is 6.04 Å². The van der Waals surface area contributed by atoms with E-state index in [0.29, 0.717) is 19.8 Å². The molecule has 0 radical (unpaired) electrons. The molecule has 0 bridgehead atoms. The van der Waals surface area contributed by atoms with Crippen molar-refractivity contribution in [1.29, 1.82) is 0 Å². The van der Waals surface area contributed by atoms with E-state index in [1.807, 2.05) is 36.4 Å². The number of fused-ring (bicyclic) bond motifs is 1. The minimum Gasteiger partial charge on any atom is -0.378 e. The van der Waals surface area contributed by atoms with Crippen molar-refractivity contribution >= 4 is 38.3 Å². The average Bonchev–Trinajstić information content (AvgIpc) is 2.51. The first-order valence-corrected chi connectivity index (χ1v) is 7.34. The van der Waals surface area contributed by atoms with Gasteiger partial charge in [-0.3, -0.25) is 4.79 Å². The van der Waals surface area contributed by atoms with Crippen LogP contribution in [0.4, 0.5) is 5.69 Å². The van der Waals surface area contributed by atoms with E-state index in [2.05, 4.69) is 26.6 Å². The number of morpholine rings is 1.